The quantitative estimate of drug-likeness (QED) is 0.612. The Hall–Kier alpha value is -0.720. The van der Waals surface area contributed by atoms with E-state index in [1.165, 1.54) is 5.57 Å². The Kier molecular flexibility index (Phi) is 4.67. The van der Waals surface area contributed by atoms with Crippen LogP contribution in [0.25, 0.3) is 0 Å². The fourth-order valence-electron chi connectivity index (χ4n) is 0.973. The van der Waals surface area contributed by atoms with Crippen LogP contribution >= 0.6 is 0 Å². The molecule has 0 amide bonds. The minimum Gasteiger partial charge on any atom is -0.389 e. The van der Waals surface area contributed by atoms with Crippen molar-refractivity contribution in [2.24, 2.45) is 5.92 Å². The van der Waals surface area contributed by atoms with E-state index in [4.69, 9.17) is 0 Å². The molecule has 0 aromatic heterocycles. The van der Waals surface area contributed by atoms with Crippen LogP contribution < -0.4 is 5.32 Å². The minimum atomic E-state index is 0.630. The van der Waals surface area contributed by atoms with Gasteiger partial charge in [0.05, 0.1) is 0 Å². The van der Waals surface area contributed by atoms with Gasteiger partial charge in [0.2, 0.25) is 0 Å². The van der Waals surface area contributed by atoms with Gasteiger partial charge in [0, 0.05) is 12.7 Å². The summed E-state index contributed by atoms with van der Waals surface area (Å²) in [5.41, 5.74) is 2.44. The Balaban J connectivity index is 4.23. The molecule has 11 heavy (non-hydrogen) atoms. The van der Waals surface area contributed by atoms with Crippen molar-refractivity contribution in [1.82, 2.24) is 5.32 Å². The molecule has 0 atom stereocenters. The van der Waals surface area contributed by atoms with Gasteiger partial charge in [-0.25, -0.2) is 0 Å². The van der Waals surface area contributed by atoms with E-state index in [1.807, 2.05) is 7.05 Å². The average molecular weight is 153 g/mol. The molecule has 0 aliphatic heterocycles. The molecular weight excluding hydrogens is 134 g/mol. The first-order valence-corrected chi connectivity index (χ1v) is 4.18. The fourth-order valence-corrected chi connectivity index (χ4v) is 0.973. The van der Waals surface area contributed by atoms with Crippen molar-refractivity contribution in [2.75, 3.05) is 7.05 Å². The van der Waals surface area contributed by atoms with Gasteiger partial charge >= 0.3 is 0 Å². The normalized spacial score (nSPS) is 11.9. The number of nitrogens with one attached hydrogen (secondary N) is 1. The van der Waals surface area contributed by atoms with E-state index >= 15 is 0 Å². The number of likely N-dealkylation sites (N-methyl/N-ethyl adjacent to an activating group) is 1. The predicted molar refractivity (Wildman–Crippen MR) is 51.4 cm³/mol. The average Bonchev–Trinajstić information content (AvgIpc) is 1.99. The van der Waals surface area contributed by atoms with Gasteiger partial charge in [-0.2, -0.15) is 0 Å². The van der Waals surface area contributed by atoms with Gasteiger partial charge < -0.3 is 5.32 Å². The largest absolute Gasteiger partial charge is 0.389 e. The van der Waals surface area contributed by atoms with E-state index < -0.39 is 0 Å². The van der Waals surface area contributed by atoms with Crippen LogP contribution in [0.1, 0.15) is 27.2 Å². The van der Waals surface area contributed by atoms with Crippen LogP contribution in [-0.4, -0.2) is 7.05 Å². The molecule has 0 spiro atoms. The molecule has 0 saturated heterocycles. The van der Waals surface area contributed by atoms with Crippen molar-refractivity contribution < 1.29 is 0 Å². The molecule has 0 radical (unpaired) electrons. The summed E-state index contributed by atoms with van der Waals surface area (Å²) in [6.45, 7) is 10.4. The monoisotopic (exact) mass is 153 g/mol. The van der Waals surface area contributed by atoms with E-state index in [9.17, 15) is 0 Å². The number of allylic oxidation sites excluding steroid dienone is 2. The third-order valence-electron chi connectivity index (χ3n) is 1.83. The molecule has 0 rings (SSSR count). The van der Waals surface area contributed by atoms with Crippen molar-refractivity contribution in [3.63, 3.8) is 0 Å². The molecule has 0 aliphatic rings. The molecule has 0 fully saturated rings. The fraction of sp³-hybridized carbons (Fsp3) is 0.600. The van der Waals surface area contributed by atoms with Gasteiger partial charge in [-0.05, 0) is 18.4 Å². The SMILES string of the molecule is C=C(C=C(CC)C(C)C)NC. The smallest absolute Gasteiger partial charge is 0.0264 e. The van der Waals surface area contributed by atoms with Gasteiger partial charge in [0.15, 0.2) is 0 Å². The summed E-state index contributed by atoms with van der Waals surface area (Å²) < 4.78 is 0. The van der Waals surface area contributed by atoms with Crippen LogP contribution in [0.3, 0.4) is 0 Å². The highest BCUT2D eigenvalue weighted by Gasteiger charge is 1.99. The molecule has 0 unspecified atom stereocenters. The summed E-state index contributed by atoms with van der Waals surface area (Å²) in [6, 6.07) is 0. The van der Waals surface area contributed by atoms with Gasteiger partial charge in [-0.3, -0.25) is 0 Å². The van der Waals surface area contributed by atoms with Crippen molar-refractivity contribution >= 4 is 0 Å². The lowest BCUT2D eigenvalue weighted by atomic mass is 10.00. The second-order valence-electron chi connectivity index (χ2n) is 3.00. The second kappa shape index (κ2) is 5.00. The molecule has 0 aliphatic carbocycles. The maximum absolute atomic E-state index is 3.86. The molecule has 1 nitrogen and oxygen atoms in total. The number of rotatable bonds is 4. The molecule has 0 heterocycles. The van der Waals surface area contributed by atoms with E-state index in [0.717, 1.165) is 12.1 Å². The first kappa shape index (κ1) is 10.3. The minimum absolute atomic E-state index is 0.630. The van der Waals surface area contributed by atoms with Crippen molar-refractivity contribution in [3.8, 4) is 0 Å². The van der Waals surface area contributed by atoms with Crippen LogP contribution in [0.4, 0.5) is 0 Å². The van der Waals surface area contributed by atoms with E-state index in [-0.39, 0.29) is 0 Å². The summed E-state index contributed by atoms with van der Waals surface area (Å²) in [5, 5.41) is 3.01. The first-order chi connectivity index (χ1) is 5.11. The molecule has 1 N–H and O–H groups in total. The van der Waals surface area contributed by atoms with E-state index in [1.54, 1.807) is 0 Å². The molecule has 0 aromatic carbocycles. The highest BCUT2D eigenvalue weighted by Crippen LogP contribution is 2.14. The van der Waals surface area contributed by atoms with Gasteiger partial charge in [-0.15, -0.1) is 0 Å². The molecule has 0 bridgehead atoms. The van der Waals surface area contributed by atoms with E-state index in [2.05, 4.69) is 38.7 Å². The molecular formula is C10H19N. The van der Waals surface area contributed by atoms with Crippen LogP contribution in [-0.2, 0) is 0 Å². The molecule has 1 heteroatoms. The zero-order chi connectivity index (χ0) is 8.85. The topological polar surface area (TPSA) is 12.0 Å². The summed E-state index contributed by atoms with van der Waals surface area (Å²) in [7, 11) is 1.90. The third-order valence-corrected chi connectivity index (χ3v) is 1.83. The van der Waals surface area contributed by atoms with Crippen LogP contribution in [0.15, 0.2) is 23.9 Å². The third kappa shape index (κ3) is 3.87. The summed E-state index contributed by atoms with van der Waals surface area (Å²) in [5.74, 6) is 0.630. The predicted octanol–water partition coefficient (Wildman–Crippen LogP) is 2.71. The van der Waals surface area contributed by atoms with Crippen molar-refractivity contribution in [2.45, 2.75) is 27.2 Å². The Morgan fingerprint density at radius 2 is 2.09 bits per heavy atom. The Morgan fingerprint density at radius 3 is 2.36 bits per heavy atom. The Morgan fingerprint density at radius 1 is 1.55 bits per heavy atom. The summed E-state index contributed by atoms with van der Waals surface area (Å²) >= 11 is 0. The zero-order valence-electron chi connectivity index (χ0n) is 8.07. The van der Waals surface area contributed by atoms with Gasteiger partial charge in [0.25, 0.3) is 0 Å². The van der Waals surface area contributed by atoms with Crippen LogP contribution in [0.5, 0.6) is 0 Å². The lowest BCUT2D eigenvalue weighted by Gasteiger charge is -2.09. The number of hydrogen-bond donors (Lipinski definition) is 1. The molecule has 64 valence electrons. The molecule has 0 saturated carbocycles. The van der Waals surface area contributed by atoms with Gasteiger partial charge in [0.1, 0.15) is 0 Å². The van der Waals surface area contributed by atoms with Crippen LogP contribution in [0.2, 0.25) is 0 Å². The molecule has 0 aromatic rings. The maximum atomic E-state index is 3.86. The Labute approximate surface area is 70.2 Å². The summed E-state index contributed by atoms with van der Waals surface area (Å²) in [4.78, 5) is 0. The van der Waals surface area contributed by atoms with Crippen LogP contribution in [0, 0.1) is 5.92 Å². The zero-order valence-corrected chi connectivity index (χ0v) is 8.07. The maximum Gasteiger partial charge on any atom is 0.0264 e. The van der Waals surface area contributed by atoms with E-state index in [0.29, 0.717) is 5.92 Å². The first-order valence-electron chi connectivity index (χ1n) is 4.18. The van der Waals surface area contributed by atoms with Crippen molar-refractivity contribution in [3.05, 3.63) is 23.9 Å². The lowest BCUT2D eigenvalue weighted by molar-refractivity contribution is 0.729. The van der Waals surface area contributed by atoms with Gasteiger partial charge in [-0.1, -0.05) is 32.9 Å². The summed E-state index contributed by atoms with van der Waals surface area (Å²) in [6.07, 6.45) is 3.24. The second-order valence-corrected chi connectivity index (χ2v) is 3.00. The van der Waals surface area contributed by atoms with Crippen molar-refractivity contribution in [1.29, 1.82) is 0 Å². The number of hydrogen-bond acceptors (Lipinski definition) is 1. The highest BCUT2D eigenvalue weighted by atomic mass is 14.8. The highest BCUT2D eigenvalue weighted by molar-refractivity contribution is 5.19. The Bertz CT molecular complexity index is 154. The lowest BCUT2D eigenvalue weighted by Crippen LogP contribution is -2.03. The standard InChI is InChI=1S/C10H19N/c1-6-10(8(2)3)7-9(4)11-5/h7-8,11H,4,6H2,1-3,5H3.